The van der Waals surface area contributed by atoms with Gasteiger partial charge in [-0.1, -0.05) is 5.11 Å². The number of hydrogen-bond acceptors (Lipinski definition) is 6. The van der Waals surface area contributed by atoms with Crippen molar-refractivity contribution in [1.29, 1.82) is 0 Å². The summed E-state index contributed by atoms with van der Waals surface area (Å²) < 4.78 is 20.4. The van der Waals surface area contributed by atoms with Crippen LogP contribution in [0.4, 0.5) is 4.39 Å². The molecule has 0 spiro atoms. The van der Waals surface area contributed by atoms with Crippen molar-refractivity contribution >= 4 is 0 Å². The molecule has 3 N–H and O–H groups in total. The number of aromatic nitrogens is 2. The van der Waals surface area contributed by atoms with E-state index in [-0.39, 0.29) is 13.0 Å². The summed E-state index contributed by atoms with van der Waals surface area (Å²) in [5.41, 5.74) is 4.98. The third-order valence-corrected chi connectivity index (χ3v) is 3.56. The van der Waals surface area contributed by atoms with Crippen molar-refractivity contribution in [3.8, 4) is 0 Å². The number of alkyl halides is 1. The fraction of sp³-hybridized carbons (Fsp3) is 0.636. The first-order valence-electron chi connectivity index (χ1n) is 6.38. The molecule has 0 amide bonds. The van der Waals surface area contributed by atoms with Gasteiger partial charge in [-0.25, -0.2) is 9.18 Å². The van der Waals surface area contributed by atoms with Gasteiger partial charge in [0.1, 0.15) is 11.7 Å². The van der Waals surface area contributed by atoms with E-state index in [0.717, 1.165) is 16.8 Å². The first-order valence-corrected chi connectivity index (χ1v) is 6.38. The number of aliphatic hydroxyl groups is 2. The first kappa shape index (κ1) is 16.2. The Labute approximate surface area is 122 Å². The van der Waals surface area contributed by atoms with E-state index < -0.39 is 42.0 Å². The maximum atomic E-state index is 14.3. The van der Waals surface area contributed by atoms with Crippen molar-refractivity contribution in [2.24, 2.45) is 5.11 Å². The highest BCUT2D eigenvalue weighted by Crippen LogP contribution is 2.40. The summed E-state index contributed by atoms with van der Waals surface area (Å²) in [6, 6.07) is 1.00. The van der Waals surface area contributed by atoms with Crippen LogP contribution in [0.3, 0.4) is 0 Å². The molecule has 1 aromatic heterocycles. The molecular formula is C11H14FN5O5. The van der Waals surface area contributed by atoms with Crippen LogP contribution < -0.4 is 11.2 Å². The van der Waals surface area contributed by atoms with Gasteiger partial charge >= 0.3 is 5.69 Å². The molecule has 1 saturated heterocycles. The highest BCUT2D eigenvalue weighted by Gasteiger charge is 2.55. The van der Waals surface area contributed by atoms with E-state index in [4.69, 9.17) is 10.3 Å². The van der Waals surface area contributed by atoms with Crippen LogP contribution in [-0.2, 0) is 4.74 Å². The summed E-state index contributed by atoms with van der Waals surface area (Å²) in [5, 5.41) is 22.7. The van der Waals surface area contributed by atoms with Gasteiger partial charge < -0.3 is 14.9 Å². The van der Waals surface area contributed by atoms with E-state index in [2.05, 4.69) is 10.0 Å². The molecule has 11 heteroatoms. The van der Waals surface area contributed by atoms with Crippen LogP contribution in [0.2, 0.25) is 0 Å². The Kier molecular flexibility index (Phi) is 4.62. The smallest absolute Gasteiger partial charge is 0.330 e. The molecule has 0 aromatic carbocycles. The van der Waals surface area contributed by atoms with Crippen LogP contribution in [-0.4, -0.2) is 50.8 Å². The zero-order valence-electron chi connectivity index (χ0n) is 11.3. The molecular weight excluding hydrogens is 301 g/mol. The van der Waals surface area contributed by atoms with E-state index in [9.17, 15) is 24.2 Å². The Balaban J connectivity index is 2.34. The molecule has 0 radical (unpaired) electrons. The van der Waals surface area contributed by atoms with Crippen molar-refractivity contribution in [1.82, 2.24) is 9.55 Å². The lowest BCUT2D eigenvalue weighted by molar-refractivity contribution is -0.131. The van der Waals surface area contributed by atoms with Crippen molar-refractivity contribution < 1.29 is 19.3 Å². The number of rotatable bonds is 5. The van der Waals surface area contributed by atoms with Gasteiger partial charge in [0.15, 0.2) is 12.4 Å². The number of nitrogens with one attached hydrogen (secondary N) is 1. The predicted molar refractivity (Wildman–Crippen MR) is 70.8 cm³/mol. The normalized spacial score (nSPS) is 31.0. The van der Waals surface area contributed by atoms with Gasteiger partial charge in [-0.2, -0.15) is 0 Å². The average Bonchev–Trinajstić information content (AvgIpc) is 2.73. The third-order valence-electron chi connectivity index (χ3n) is 3.56. The second-order valence-corrected chi connectivity index (χ2v) is 4.84. The fourth-order valence-corrected chi connectivity index (χ4v) is 2.36. The lowest BCUT2D eigenvalue weighted by Crippen LogP contribution is -2.46. The lowest BCUT2D eigenvalue weighted by atomic mass is 9.93. The molecule has 1 fully saturated rings. The standard InChI is InChI=1S/C11H14FN5O5/c12-7-8(20)11(5-18,2-3-14-16-13)22-9(7)17-4-1-6(19)15-10(17)21/h1,4,7-9,18,20H,2-3,5H2,(H,15,19,21)/t7-,8?,9+,11+/m0/s1. The van der Waals surface area contributed by atoms with Gasteiger partial charge in [0.25, 0.3) is 5.56 Å². The van der Waals surface area contributed by atoms with E-state index in [1.54, 1.807) is 0 Å². The molecule has 0 bridgehead atoms. The van der Waals surface area contributed by atoms with Crippen LogP contribution in [0.15, 0.2) is 27.0 Å². The van der Waals surface area contributed by atoms with Crippen LogP contribution in [0.25, 0.3) is 10.4 Å². The second-order valence-electron chi connectivity index (χ2n) is 4.84. The topological polar surface area (TPSA) is 153 Å². The highest BCUT2D eigenvalue weighted by atomic mass is 19.1. The number of H-pyrrole nitrogens is 1. The van der Waals surface area contributed by atoms with Crippen LogP contribution in [0, 0.1) is 0 Å². The van der Waals surface area contributed by atoms with E-state index in [1.165, 1.54) is 0 Å². The largest absolute Gasteiger partial charge is 0.393 e. The zero-order chi connectivity index (χ0) is 16.3. The summed E-state index contributed by atoms with van der Waals surface area (Å²) in [5.74, 6) is 0. The number of hydrogen-bond donors (Lipinski definition) is 3. The summed E-state index contributed by atoms with van der Waals surface area (Å²) in [4.78, 5) is 27.2. The summed E-state index contributed by atoms with van der Waals surface area (Å²) in [7, 11) is 0. The minimum absolute atomic E-state index is 0.131. The molecule has 1 unspecified atom stereocenters. The van der Waals surface area contributed by atoms with E-state index in [1.807, 2.05) is 4.98 Å². The van der Waals surface area contributed by atoms with E-state index in [0.29, 0.717) is 0 Å². The van der Waals surface area contributed by atoms with E-state index >= 15 is 0 Å². The molecule has 120 valence electrons. The third kappa shape index (κ3) is 2.74. The average molecular weight is 315 g/mol. The molecule has 10 nitrogen and oxygen atoms in total. The number of azide groups is 1. The highest BCUT2D eigenvalue weighted by molar-refractivity contribution is 5.02. The quantitative estimate of drug-likeness (QED) is 0.368. The maximum absolute atomic E-state index is 14.3. The van der Waals surface area contributed by atoms with Gasteiger partial charge in [0, 0.05) is 23.7 Å². The summed E-state index contributed by atoms with van der Waals surface area (Å²) in [6.07, 6.45) is -4.36. The van der Waals surface area contributed by atoms with Crippen molar-refractivity contribution in [2.75, 3.05) is 13.2 Å². The van der Waals surface area contributed by atoms with Crippen molar-refractivity contribution in [2.45, 2.75) is 30.5 Å². The Morgan fingerprint density at radius 1 is 1.59 bits per heavy atom. The molecule has 0 saturated carbocycles. The monoisotopic (exact) mass is 315 g/mol. The number of nitrogens with zero attached hydrogens (tertiary/aromatic N) is 4. The lowest BCUT2D eigenvalue weighted by Gasteiger charge is -2.29. The van der Waals surface area contributed by atoms with Gasteiger partial charge in [-0.15, -0.1) is 0 Å². The molecule has 0 aliphatic carbocycles. The molecule has 1 aliphatic heterocycles. The number of aromatic amines is 1. The molecule has 1 aliphatic rings. The molecule has 4 atom stereocenters. The summed E-state index contributed by atoms with van der Waals surface area (Å²) in [6.45, 7) is -0.863. The fourth-order valence-electron chi connectivity index (χ4n) is 2.36. The molecule has 2 heterocycles. The summed E-state index contributed by atoms with van der Waals surface area (Å²) >= 11 is 0. The molecule has 22 heavy (non-hydrogen) atoms. The van der Waals surface area contributed by atoms with Crippen LogP contribution in [0.5, 0.6) is 0 Å². The Morgan fingerprint density at radius 3 is 2.91 bits per heavy atom. The first-order chi connectivity index (χ1) is 10.4. The Bertz CT molecular complexity index is 699. The maximum Gasteiger partial charge on any atom is 0.330 e. The van der Waals surface area contributed by atoms with Crippen molar-refractivity contribution in [3.63, 3.8) is 0 Å². The van der Waals surface area contributed by atoms with Gasteiger partial charge in [-0.3, -0.25) is 14.3 Å². The zero-order valence-corrected chi connectivity index (χ0v) is 11.3. The number of halogens is 1. The van der Waals surface area contributed by atoms with Gasteiger partial charge in [0.2, 0.25) is 0 Å². The predicted octanol–water partition coefficient (Wildman–Crippen LogP) is -0.804. The number of aliphatic hydroxyl groups excluding tert-OH is 2. The van der Waals surface area contributed by atoms with Gasteiger partial charge in [-0.05, 0) is 12.0 Å². The van der Waals surface area contributed by atoms with Crippen LogP contribution in [0.1, 0.15) is 12.6 Å². The number of ether oxygens (including phenoxy) is 1. The minimum atomic E-state index is -2.01. The minimum Gasteiger partial charge on any atom is -0.393 e. The second kappa shape index (κ2) is 6.28. The van der Waals surface area contributed by atoms with Gasteiger partial charge in [0.05, 0.1) is 6.61 Å². The Hall–Kier alpha value is -2.20. The van der Waals surface area contributed by atoms with Crippen LogP contribution >= 0.6 is 0 Å². The molecule has 1 aromatic rings. The molecule has 2 rings (SSSR count). The Morgan fingerprint density at radius 2 is 2.32 bits per heavy atom. The van der Waals surface area contributed by atoms with Crippen molar-refractivity contribution in [3.05, 3.63) is 43.5 Å². The SMILES string of the molecule is [N-]=[N+]=NCC[C@]1(CO)O[C@@H](n2ccc(=O)[nH]c2=O)[C@@H](F)C1O.